The second-order valence-corrected chi connectivity index (χ2v) is 6.51. The van der Waals surface area contributed by atoms with Crippen LogP contribution in [0.15, 0.2) is 47.5 Å². The van der Waals surface area contributed by atoms with Gasteiger partial charge in [-0.1, -0.05) is 32.0 Å². The fraction of sp³-hybridized carbons (Fsp3) is 0.350. The van der Waals surface area contributed by atoms with Crippen LogP contribution < -0.4 is 10.9 Å². The molecule has 1 N–H and O–H groups in total. The van der Waals surface area contributed by atoms with E-state index in [-0.39, 0.29) is 17.5 Å². The first-order valence-corrected chi connectivity index (χ1v) is 9.04. The van der Waals surface area contributed by atoms with Gasteiger partial charge >= 0.3 is 0 Å². The number of aryl methyl sites for hydroxylation is 1. The van der Waals surface area contributed by atoms with Gasteiger partial charge in [-0.2, -0.15) is 9.78 Å². The second-order valence-electron chi connectivity index (χ2n) is 6.51. The van der Waals surface area contributed by atoms with Gasteiger partial charge in [0.15, 0.2) is 0 Å². The van der Waals surface area contributed by atoms with Gasteiger partial charge in [0, 0.05) is 25.0 Å². The van der Waals surface area contributed by atoms with Crippen LogP contribution in [0.2, 0.25) is 0 Å². The molecule has 0 saturated carbocycles. The first-order valence-electron chi connectivity index (χ1n) is 9.04. The van der Waals surface area contributed by atoms with Crippen molar-refractivity contribution in [2.75, 3.05) is 0 Å². The number of amides is 1. The van der Waals surface area contributed by atoms with Crippen LogP contribution in [0.3, 0.4) is 0 Å². The highest BCUT2D eigenvalue weighted by molar-refractivity contribution is 6.00. The van der Waals surface area contributed by atoms with Crippen molar-refractivity contribution >= 4 is 5.91 Å². The molecule has 0 spiro atoms. The van der Waals surface area contributed by atoms with E-state index in [1.165, 1.54) is 4.68 Å². The minimum Gasteiger partial charge on any atom is -0.353 e. The molecule has 0 aliphatic carbocycles. The Balaban J connectivity index is 2.17. The highest BCUT2D eigenvalue weighted by Crippen LogP contribution is 2.22. The minimum atomic E-state index is -0.214. The van der Waals surface area contributed by atoms with Gasteiger partial charge in [0.05, 0.1) is 16.8 Å². The second kappa shape index (κ2) is 7.56. The van der Waals surface area contributed by atoms with Gasteiger partial charge in [-0.15, -0.1) is 0 Å². The van der Waals surface area contributed by atoms with Crippen LogP contribution in [-0.4, -0.2) is 26.3 Å². The Kier molecular flexibility index (Phi) is 5.21. The number of pyridine rings is 1. The summed E-state index contributed by atoms with van der Waals surface area (Å²) in [5.41, 5.74) is 1.80. The highest BCUT2D eigenvalue weighted by atomic mass is 16.2. The van der Waals surface area contributed by atoms with E-state index in [9.17, 15) is 9.59 Å². The molecule has 1 atom stereocenters. The van der Waals surface area contributed by atoms with E-state index in [1.807, 2.05) is 48.7 Å². The summed E-state index contributed by atoms with van der Waals surface area (Å²) in [7, 11) is 0. The van der Waals surface area contributed by atoms with Crippen molar-refractivity contribution in [1.82, 2.24) is 19.7 Å². The number of carbonyl (C=O) groups is 1. The molecule has 6 nitrogen and oxygen atoms in total. The summed E-state index contributed by atoms with van der Waals surface area (Å²) < 4.78 is 3.26. The summed E-state index contributed by atoms with van der Waals surface area (Å²) >= 11 is 0. The number of aromatic nitrogens is 3. The number of rotatable bonds is 6. The number of nitrogens with one attached hydrogen (secondary N) is 1. The predicted octanol–water partition coefficient (Wildman–Crippen LogP) is 3.08. The molecule has 6 heteroatoms. The summed E-state index contributed by atoms with van der Waals surface area (Å²) in [6.07, 6.45) is 5.31. The monoisotopic (exact) mass is 352 g/mol. The summed E-state index contributed by atoms with van der Waals surface area (Å²) in [6.45, 7) is 6.76. The first kappa shape index (κ1) is 17.9. The molecule has 1 aromatic carbocycles. The molecule has 0 saturated heterocycles. The van der Waals surface area contributed by atoms with E-state index in [2.05, 4.69) is 17.3 Å². The maximum Gasteiger partial charge on any atom is 0.282 e. The van der Waals surface area contributed by atoms with E-state index in [0.29, 0.717) is 22.5 Å². The molecule has 26 heavy (non-hydrogen) atoms. The number of hydrogen-bond acceptors (Lipinski definition) is 3. The Hall–Kier alpha value is -2.89. The lowest BCUT2D eigenvalue weighted by Gasteiger charge is -2.15. The SMILES string of the molecule is CCCn1cc(C(=O)NC(C)CC)c2nn(-c3ccccc3)c(=O)c-2c1. The van der Waals surface area contributed by atoms with Gasteiger partial charge in [-0.3, -0.25) is 9.59 Å². The van der Waals surface area contributed by atoms with Crippen molar-refractivity contribution < 1.29 is 4.79 Å². The number of nitrogens with zero attached hydrogens (tertiary/aromatic N) is 3. The molecule has 1 aromatic rings. The van der Waals surface area contributed by atoms with Crippen molar-refractivity contribution in [2.45, 2.75) is 46.2 Å². The number of fused-ring (bicyclic) bond motifs is 1. The van der Waals surface area contributed by atoms with Crippen molar-refractivity contribution in [3.8, 4) is 16.9 Å². The van der Waals surface area contributed by atoms with Crippen molar-refractivity contribution in [2.24, 2.45) is 0 Å². The molecule has 0 fully saturated rings. The van der Waals surface area contributed by atoms with Crippen LogP contribution >= 0.6 is 0 Å². The molecule has 136 valence electrons. The molecule has 0 aromatic heterocycles. The molecule has 0 bridgehead atoms. The van der Waals surface area contributed by atoms with E-state index < -0.39 is 0 Å². The Bertz CT molecular complexity index is 927. The van der Waals surface area contributed by atoms with Crippen LogP contribution in [0.4, 0.5) is 0 Å². The van der Waals surface area contributed by atoms with Crippen LogP contribution in [0.5, 0.6) is 0 Å². The molecular weight excluding hydrogens is 328 g/mol. The smallest absolute Gasteiger partial charge is 0.282 e. The average molecular weight is 352 g/mol. The molecular formula is C20H24N4O2. The standard InChI is InChI=1S/C20H24N4O2/c1-4-11-23-12-16(19(25)21-14(3)5-2)18-17(13-23)20(26)24(22-18)15-9-7-6-8-10-15/h6-10,12-14H,4-5,11H2,1-3H3,(H,21,25). The van der Waals surface area contributed by atoms with Crippen LogP contribution in [0.1, 0.15) is 44.0 Å². The Morgan fingerprint density at radius 1 is 1.19 bits per heavy atom. The van der Waals surface area contributed by atoms with Crippen LogP contribution in [-0.2, 0) is 6.54 Å². The molecule has 2 heterocycles. The Morgan fingerprint density at radius 3 is 2.58 bits per heavy atom. The normalized spacial score (nSPS) is 12.3. The Morgan fingerprint density at radius 2 is 1.92 bits per heavy atom. The number of hydrogen-bond donors (Lipinski definition) is 1. The van der Waals surface area contributed by atoms with Crippen molar-refractivity contribution in [3.05, 3.63) is 58.6 Å². The third-order valence-electron chi connectivity index (χ3n) is 4.44. The average Bonchev–Trinajstić information content (AvgIpc) is 2.99. The zero-order valence-corrected chi connectivity index (χ0v) is 15.4. The molecule has 2 aliphatic rings. The van der Waals surface area contributed by atoms with Crippen molar-refractivity contribution in [3.63, 3.8) is 0 Å². The zero-order valence-electron chi connectivity index (χ0n) is 15.4. The number of para-hydroxylation sites is 1. The predicted molar refractivity (Wildman–Crippen MR) is 102 cm³/mol. The van der Waals surface area contributed by atoms with Crippen molar-refractivity contribution in [1.29, 1.82) is 0 Å². The highest BCUT2D eigenvalue weighted by Gasteiger charge is 2.24. The summed E-state index contributed by atoms with van der Waals surface area (Å²) in [5, 5.41) is 7.44. The van der Waals surface area contributed by atoms with Gasteiger partial charge in [-0.05, 0) is 31.9 Å². The quantitative estimate of drug-likeness (QED) is 0.741. The molecule has 1 amide bonds. The lowest BCUT2D eigenvalue weighted by Crippen LogP contribution is -2.32. The number of benzene rings is 1. The van der Waals surface area contributed by atoms with Gasteiger partial charge < -0.3 is 9.88 Å². The van der Waals surface area contributed by atoms with Gasteiger partial charge in [0.25, 0.3) is 11.5 Å². The lowest BCUT2D eigenvalue weighted by atomic mass is 10.1. The summed E-state index contributed by atoms with van der Waals surface area (Å²) in [4.78, 5) is 25.7. The summed E-state index contributed by atoms with van der Waals surface area (Å²) in [5.74, 6) is -0.201. The van der Waals surface area contributed by atoms with E-state index in [0.717, 1.165) is 19.4 Å². The molecule has 1 unspecified atom stereocenters. The van der Waals surface area contributed by atoms with Gasteiger partial charge in [0.2, 0.25) is 0 Å². The maximum atomic E-state index is 12.9. The topological polar surface area (TPSA) is 68.9 Å². The molecule has 0 radical (unpaired) electrons. The molecule has 2 aliphatic heterocycles. The van der Waals surface area contributed by atoms with E-state index in [4.69, 9.17) is 0 Å². The van der Waals surface area contributed by atoms with Crippen LogP contribution in [0, 0.1) is 0 Å². The third kappa shape index (κ3) is 3.40. The lowest BCUT2D eigenvalue weighted by molar-refractivity contribution is 0.0939. The van der Waals surface area contributed by atoms with E-state index in [1.54, 1.807) is 12.4 Å². The zero-order chi connectivity index (χ0) is 18.7. The van der Waals surface area contributed by atoms with Gasteiger partial charge in [-0.25, -0.2) is 0 Å². The fourth-order valence-electron chi connectivity index (χ4n) is 2.86. The first-order chi connectivity index (χ1) is 12.5. The third-order valence-corrected chi connectivity index (χ3v) is 4.44. The number of carbonyl (C=O) groups excluding carboxylic acids is 1. The molecule has 3 rings (SSSR count). The van der Waals surface area contributed by atoms with Gasteiger partial charge in [0.1, 0.15) is 5.69 Å². The maximum absolute atomic E-state index is 12.9. The largest absolute Gasteiger partial charge is 0.353 e. The summed E-state index contributed by atoms with van der Waals surface area (Å²) in [6, 6.07) is 9.31. The fourth-order valence-corrected chi connectivity index (χ4v) is 2.86. The minimum absolute atomic E-state index is 0.0558. The van der Waals surface area contributed by atoms with Crippen LogP contribution in [0.25, 0.3) is 16.9 Å². The van der Waals surface area contributed by atoms with E-state index >= 15 is 0 Å². The Labute approximate surface area is 152 Å².